The highest BCUT2D eigenvalue weighted by atomic mass is 32.2. The van der Waals surface area contributed by atoms with Crippen molar-refractivity contribution in [2.24, 2.45) is 7.05 Å². The van der Waals surface area contributed by atoms with Crippen LogP contribution >= 0.6 is 0 Å². The Labute approximate surface area is 500 Å². The molecule has 1 amide bonds. The third-order valence-electron chi connectivity index (χ3n) is 17.2. The van der Waals surface area contributed by atoms with Crippen LogP contribution in [0.1, 0.15) is 72.8 Å². The Hall–Kier alpha value is -8.60. The molecule has 4 aliphatic rings. The van der Waals surface area contributed by atoms with Crippen molar-refractivity contribution in [3.8, 4) is 46.9 Å². The molecule has 8 aromatic rings. The zero-order valence-corrected chi connectivity index (χ0v) is 49.2. The fraction of sp³-hybridized carbons (Fsp3) is 0.381. The standard InChI is InChI=1S/C63H65F2N11O10S/c1-6-45-49(64)17-14-39-25-44(77)28-47(55(39)45)57-56(65)58-48(30-67-57)60(75-33-42-15-16-43(34-75)68-42)70-62(69-58)85-35-63(18-9-20-73(63)4)61(80)66-19-21-83-22-23-84-52-27-40(26-50-59(52)74(5)72-71-50)46(29-54(78)79)38-13-12-36(2)41(24-38)32-76-31-37(3)86-51-10-7-8-11-53(51)87(76,81)82/h1,7-8,10-14,17,24-28,30,37,42-43,46,68,77H,9,15-16,18-23,29,31-35H2,2-5H3,(H,66,80)(H,78,79)/t37-,42-,43+,46?,63+/m1/s1. The number of hydrogen-bond acceptors (Lipinski definition) is 17. The van der Waals surface area contributed by atoms with Crippen LogP contribution in [0.4, 0.5) is 14.6 Å². The van der Waals surface area contributed by atoms with E-state index in [0.717, 1.165) is 18.4 Å². The van der Waals surface area contributed by atoms with Gasteiger partial charge in [0.25, 0.3) is 0 Å². The van der Waals surface area contributed by atoms with Gasteiger partial charge in [0.15, 0.2) is 5.82 Å². The van der Waals surface area contributed by atoms with Gasteiger partial charge in [-0.2, -0.15) is 14.3 Å². The van der Waals surface area contributed by atoms with Gasteiger partial charge in [-0.1, -0.05) is 47.5 Å². The number of fused-ring (bicyclic) bond motifs is 6. The number of aryl methyl sites for hydroxylation is 2. The van der Waals surface area contributed by atoms with E-state index < -0.39 is 45.2 Å². The number of para-hydroxylation sites is 1. The second-order valence-corrected chi connectivity index (χ2v) is 24.8. The van der Waals surface area contributed by atoms with Gasteiger partial charge >= 0.3 is 12.0 Å². The number of ether oxygens (including phenoxy) is 4. The number of amides is 1. The maximum Gasteiger partial charge on any atom is 0.319 e. The number of phenolic OH excluding ortho intramolecular Hbond substituents is 1. The number of pyridine rings is 1. The lowest BCUT2D eigenvalue weighted by Crippen LogP contribution is -2.58. The first kappa shape index (κ1) is 58.8. The average molecular weight is 1210 g/mol. The lowest BCUT2D eigenvalue weighted by atomic mass is 9.86. The summed E-state index contributed by atoms with van der Waals surface area (Å²) in [6.07, 6.45) is 9.60. The number of piperazine rings is 1. The molecule has 452 valence electrons. The number of carbonyl (C=O) groups excluding carboxylic acids is 1. The number of sulfonamides is 1. The van der Waals surface area contributed by atoms with Crippen LogP contribution in [0.5, 0.6) is 23.3 Å². The zero-order chi connectivity index (χ0) is 60.9. The molecule has 24 heteroatoms. The maximum atomic E-state index is 17.3. The monoisotopic (exact) mass is 1210 g/mol. The molecule has 21 nitrogen and oxygen atoms in total. The van der Waals surface area contributed by atoms with E-state index in [1.54, 1.807) is 42.1 Å². The number of carboxylic acid groups (broad SMARTS) is 1. The van der Waals surface area contributed by atoms with Crippen molar-refractivity contribution < 1.29 is 55.9 Å². The Morgan fingerprint density at radius 2 is 1.78 bits per heavy atom. The number of terminal acetylenes is 1. The molecule has 7 heterocycles. The first-order valence-electron chi connectivity index (χ1n) is 28.9. The smallest absolute Gasteiger partial charge is 0.319 e. The van der Waals surface area contributed by atoms with E-state index in [1.807, 2.05) is 44.0 Å². The molecule has 1 unspecified atom stereocenters. The van der Waals surface area contributed by atoms with Crippen LogP contribution in [0.2, 0.25) is 0 Å². The van der Waals surface area contributed by atoms with Gasteiger partial charge in [0.05, 0.1) is 37.1 Å². The van der Waals surface area contributed by atoms with Gasteiger partial charge in [-0.25, -0.2) is 21.9 Å². The van der Waals surface area contributed by atoms with Crippen LogP contribution in [-0.4, -0.2) is 160 Å². The number of aliphatic carboxylic acids is 1. The van der Waals surface area contributed by atoms with Gasteiger partial charge in [-0.05, 0) is 123 Å². The number of likely N-dealkylation sites (tertiary alicyclic amines) is 1. The number of nitrogens with one attached hydrogen (secondary N) is 2. The number of halogens is 2. The largest absolute Gasteiger partial charge is 0.508 e. The summed E-state index contributed by atoms with van der Waals surface area (Å²) in [4.78, 5) is 45.1. The van der Waals surface area contributed by atoms with Crippen LogP contribution in [0, 0.1) is 30.9 Å². The van der Waals surface area contributed by atoms with E-state index in [-0.39, 0.29) is 115 Å². The fourth-order valence-electron chi connectivity index (χ4n) is 12.7. The molecular weight excluding hydrogens is 1140 g/mol. The third-order valence-corrected chi connectivity index (χ3v) is 19.0. The highest BCUT2D eigenvalue weighted by Gasteiger charge is 2.47. The number of aromatic hydroxyl groups is 1. The molecule has 5 aromatic carbocycles. The number of benzene rings is 5. The summed E-state index contributed by atoms with van der Waals surface area (Å²) >= 11 is 0. The van der Waals surface area contributed by atoms with Gasteiger partial charge in [0.2, 0.25) is 15.9 Å². The van der Waals surface area contributed by atoms with Crippen molar-refractivity contribution in [1.29, 1.82) is 0 Å². The number of anilines is 1. The molecule has 3 aromatic heterocycles. The molecule has 4 N–H and O–H groups in total. The molecule has 5 atom stereocenters. The van der Waals surface area contributed by atoms with Crippen LogP contribution in [0.3, 0.4) is 0 Å². The highest BCUT2D eigenvalue weighted by Crippen LogP contribution is 2.41. The Morgan fingerprint density at radius 3 is 2.55 bits per heavy atom. The fourth-order valence-corrected chi connectivity index (χ4v) is 14.3. The lowest BCUT2D eigenvalue weighted by Gasteiger charge is -2.35. The molecule has 87 heavy (non-hydrogen) atoms. The number of aromatic nitrogens is 6. The molecule has 3 saturated heterocycles. The SMILES string of the molecule is C#Cc1c(F)ccc2cc(O)cc(-c3ncc4c(N5C[C@H]6CC[C@@H](C5)N6)nc(OC[C@]5(C(=O)NCCOCCOc6cc(C(CC(=O)O)c7ccc(C)c(CN8C[C@@H](C)Oc9ccccc9S8(=O)=O)c7)cc7nnn(C)c67)CCCN5C)nc4c3F)c12. The first-order chi connectivity index (χ1) is 41.9. The number of hydrogen-bond donors (Lipinski definition) is 4. The molecule has 2 bridgehead atoms. The Balaban J connectivity index is 0.728. The minimum absolute atomic E-state index is 0.0337. The van der Waals surface area contributed by atoms with Crippen LogP contribution in [0.15, 0.2) is 90.0 Å². The van der Waals surface area contributed by atoms with E-state index >= 15 is 8.78 Å². The van der Waals surface area contributed by atoms with Gasteiger partial charge in [0.1, 0.15) is 80.9 Å². The van der Waals surface area contributed by atoms with Crippen molar-refractivity contribution in [2.45, 2.75) is 87.0 Å². The predicted molar refractivity (Wildman–Crippen MR) is 319 cm³/mol. The molecule has 12 rings (SSSR count). The second-order valence-electron chi connectivity index (χ2n) is 22.9. The summed E-state index contributed by atoms with van der Waals surface area (Å²) in [6, 6.07) is 21.3. The molecule has 3 fully saturated rings. The predicted octanol–water partition coefficient (Wildman–Crippen LogP) is 6.97. The summed E-state index contributed by atoms with van der Waals surface area (Å²) in [5.74, 6) is -0.317. The Bertz CT molecular complexity index is 4170. The minimum atomic E-state index is -3.95. The van der Waals surface area contributed by atoms with Crippen LogP contribution in [0.25, 0.3) is 44.0 Å². The summed E-state index contributed by atoms with van der Waals surface area (Å²) in [7, 11) is -0.388. The Morgan fingerprint density at radius 1 is 0.977 bits per heavy atom. The zero-order valence-electron chi connectivity index (χ0n) is 48.4. The van der Waals surface area contributed by atoms with Gasteiger partial charge in [-0.15, -0.1) is 11.5 Å². The van der Waals surface area contributed by atoms with E-state index in [4.69, 9.17) is 30.4 Å². The number of carbonyl (C=O) groups is 2. The van der Waals surface area contributed by atoms with Crippen molar-refractivity contribution in [2.75, 3.05) is 71.1 Å². The average Bonchev–Trinajstić information content (AvgIpc) is 2.14. The molecular formula is C63H65F2N11O10S. The normalized spacial score (nSPS) is 20.5. The minimum Gasteiger partial charge on any atom is -0.508 e. The second kappa shape index (κ2) is 23.9. The lowest BCUT2D eigenvalue weighted by molar-refractivity contribution is -0.137. The van der Waals surface area contributed by atoms with E-state index in [2.05, 4.69) is 41.7 Å². The van der Waals surface area contributed by atoms with Crippen molar-refractivity contribution in [3.63, 3.8) is 0 Å². The van der Waals surface area contributed by atoms with Gasteiger partial charge in [-0.3, -0.25) is 19.5 Å². The quantitative estimate of drug-likeness (QED) is 0.0471. The summed E-state index contributed by atoms with van der Waals surface area (Å²) in [6.45, 7) is 5.89. The molecule has 0 aliphatic carbocycles. The van der Waals surface area contributed by atoms with Gasteiger partial charge < -0.3 is 44.7 Å². The highest BCUT2D eigenvalue weighted by molar-refractivity contribution is 7.89. The molecule has 0 radical (unpaired) electrons. The maximum absolute atomic E-state index is 17.3. The molecule has 4 aliphatic heterocycles. The summed E-state index contributed by atoms with van der Waals surface area (Å²) in [5.41, 5.74) is 2.33. The molecule has 0 spiro atoms. The molecule has 0 saturated carbocycles. The van der Waals surface area contributed by atoms with Crippen LogP contribution in [-0.2, 0) is 37.9 Å². The number of nitrogens with zero attached hydrogens (tertiary/aromatic N) is 9. The number of likely N-dealkylation sites (N-methyl/N-ethyl adjacent to an activating group) is 1. The number of phenols is 1. The first-order valence-corrected chi connectivity index (χ1v) is 30.4. The van der Waals surface area contributed by atoms with E-state index in [1.165, 1.54) is 40.8 Å². The number of carboxylic acids is 1. The number of rotatable bonds is 19. The van der Waals surface area contributed by atoms with Crippen molar-refractivity contribution >= 4 is 60.4 Å². The van der Waals surface area contributed by atoms with Gasteiger partial charge in [0, 0.05) is 68.4 Å². The Kier molecular flexibility index (Phi) is 16.2. The third kappa shape index (κ3) is 11.4. The van der Waals surface area contributed by atoms with Crippen LogP contribution < -0.4 is 29.7 Å². The van der Waals surface area contributed by atoms with Crippen molar-refractivity contribution in [1.82, 2.24) is 49.8 Å². The van der Waals surface area contributed by atoms with E-state index in [9.17, 15) is 28.2 Å². The summed E-state index contributed by atoms with van der Waals surface area (Å²) in [5, 5.41) is 37.2. The topological polar surface area (TPSA) is 249 Å². The van der Waals surface area contributed by atoms with E-state index in [0.29, 0.717) is 88.3 Å². The van der Waals surface area contributed by atoms with Crippen molar-refractivity contribution in [3.05, 3.63) is 125 Å². The summed E-state index contributed by atoms with van der Waals surface area (Å²) < 4.78 is 88.2.